The first kappa shape index (κ1) is 28.5. The van der Waals surface area contributed by atoms with Crippen LogP contribution in [0.1, 0.15) is 29.4 Å². The molecule has 142 valence electrons. The first-order valence-electron chi connectivity index (χ1n) is 8.00. The minimum Gasteiger partial charge on any atom is -0.544 e. The second-order valence-electron chi connectivity index (χ2n) is 5.19. The van der Waals surface area contributed by atoms with Gasteiger partial charge in [-0.2, -0.15) is 6.42 Å². The van der Waals surface area contributed by atoms with Gasteiger partial charge < -0.3 is 16.8 Å². The van der Waals surface area contributed by atoms with Crippen LogP contribution in [0.4, 0.5) is 0 Å². The Kier molecular flexibility index (Phi) is 14.2. The van der Waals surface area contributed by atoms with E-state index in [1.165, 1.54) is 18.7 Å². The average molecular weight is 453 g/mol. The third-order valence-electron chi connectivity index (χ3n) is 3.21. The second kappa shape index (κ2) is 14.5. The van der Waals surface area contributed by atoms with E-state index in [0.29, 0.717) is 15.2 Å². The second-order valence-corrected chi connectivity index (χ2v) is 7.97. The minimum absolute atomic E-state index is 0. The van der Waals surface area contributed by atoms with Crippen molar-refractivity contribution in [1.82, 2.24) is 9.97 Å². The van der Waals surface area contributed by atoms with Crippen molar-refractivity contribution in [2.75, 3.05) is 0 Å². The third kappa shape index (κ3) is 8.25. The standard InChI is InChI=1S/C8H4ClNO2S.C7H4ClNS.C4H9.2Li/c9-4-1-2-10-5-3-6(8(11)12)13-7(4)5;8-5-1-3-9-6-2-4-10-7(5)6;1-3-4-2;;/h1-3H,(H,11,12);1-4H;1,3-4H2,2H3;;/q;;-1;2*+1/p-1. The Morgan fingerprint density at radius 2 is 1.62 bits per heavy atom. The summed E-state index contributed by atoms with van der Waals surface area (Å²) in [5.41, 5.74) is 1.58. The Hall–Kier alpha value is -0.535. The fraction of sp³-hybridized carbons (Fsp3) is 0.158. The Bertz CT molecular complexity index is 1040. The van der Waals surface area contributed by atoms with Crippen molar-refractivity contribution in [1.29, 1.82) is 0 Å². The number of hydrogen-bond donors (Lipinski definition) is 0. The summed E-state index contributed by atoms with van der Waals surface area (Å²) in [5, 5.41) is 13.8. The summed E-state index contributed by atoms with van der Waals surface area (Å²) in [6.45, 7) is 5.72. The molecule has 0 saturated heterocycles. The molecule has 0 aromatic carbocycles. The molecular weight excluding hydrogens is 437 g/mol. The van der Waals surface area contributed by atoms with Crippen LogP contribution in [0.15, 0.2) is 42.0 Å². The molecule has 4 rings (SSSR count). The normalized spacial score (nSPS) is 9.38. The third-order valence-corrected chi connectivity index (χ3v) is 6.14. The van der Waals surface area contributed by atoms with Crippen LogP contribution in [-0.2, 0) is 0 Å². The van der Waals surface area contributed by atoms with Crippen LogP contribution in [0.5, 0.6) is 0 Å². The molecule has 10 heteroatoms. The largest absolute Gasteiger partial charge is 1.00 e. The van der Waals surface area contributed by atoms with Gasteiger partial charge in [-0.05, 0) is 29.6 Å². The zero-order chi connectivity index (χ0) is 19.8. The number of unbranched alkanes of at least 4 members (excludes halogenated alkanes) is 1. The van der Waals surface area contributed by atoms with E-state index in [4.69, 9.17) is 23.2 Å². The van der Waals surface area contributed by atoms with Gasteiger partial charge in [0.1, 0.15) is 0 Å². The SMILES string of the molecule is Clc1ccnc2ccsc12.O=C([O-])c1cc2nccc(Cl)c2s1.[CH2-]CCC.[Li+].[Li+]. The molecular formula is C19H16Cl2Li2N2O2S2. The van der Waals surface area contributed by atoms with Gasteiger partial charge in [0.05, 0.1) is 41.3 Å². The van der Waals surface area contributed by atoms with Gasteiger partial charge in [-0.1, -0.05) is 36.5 Å². The van der Waals surface area contributed by atoms with E-state index in [-0.39, 0.29) is 42.6 Å². The van der Waals surface area contributed by atoms with Crippen molar-refractivity contribution in [3.8, 4) is 0 Å². The van der Waals surface area contributed by atoms with Gasteiger partial charge in [0, 0.05) is 12.4 Å². The number of halogens is 2. The monoisotopic (exact) mass is 452 g/mol. The van der Waals surface area contributed by atoms with Gasteiger partial charge in [0.25, 0.3) is 0 Å². The average Bonchev–Trinajstić information content (AvgIpc) is 3.31. The number of hydrogen-bond acceptors (Lipinski definition) is 6. The maximum absolute atomic E-state index is 10.5. The van der Waals surface area contributed by atoms with Crippen LogP contribution in [-0.4, -0.2) is 15.9 Å². The number of rotatable bonds is 2. The van der Waals surface area contributed by atoms with Crippen molar-refractivity contribution >= 4 is 72.3 Å². The number of fused-ring (bicyclic) bond motifs is 2. The fourth-order valence-electron chi connectivity index (χ4n) is 1.85. The van der Waals surface area contributed by atoms with Crippen LogP contribution >= 0.6 is 45.9 Å². The molecule has 4 aromatic heterocycles. The molecule has 0 amide bonds. The first-order chi connectivity index (χ1) is 13.0. The topological polar surface area (TPSA) is 65.9 Å². The molecule has 0 fully saturated rings. The van der Waals surface area contributed by atoms with Gasteiger partial charge in [-0.3, -0.25) is 9.97 Å². The number of aromatic carboxylic acids is 1. The first-order valence-corrected chi connectivity index (χ1v) is 10.5. The Labute approximate surface area is 212 Å². The summed E-state index contributed by atoms with van der Waals surface area (Å²) in [6.07, 6.45) is 5.54. The van der Waals surface area contributed by atoms with Gasteiger partial charge in [-0.15, -0.1) is 22.7 Å². The maximum Gasteiger partial charge on any atom is 1.00 e. The van der Waals surface area contributed by atoms with Crippen LogP contribution < -0.4 is 42.8 Å². The van der Waals surface area contributed by atoms with Gasteiger partial charge in [0.15, 0.2) is 0 Å². The zero-order valence-corrected chi connectivity index (χ0v) is 19.6. The van der Waals surface area contributed by atoms with E-state index < -0.39 is 5.97 Å². The number of nitrogens with zero attached hydrogens (tertiary/aromatic N) is 2. The Morgan fingerprint density at radius 3 is 2.10 bits per heavy atom. The summed E-state index contributed by atoms with van der Waals surface area (Å²) in [6, 6.07) is 6.85. The summed E-state index contributed by atoms with van der Waals surface area (Å²) >= 11 is 14.4. The van der Waals surface area contributed by atoms with Crippen molar-refractivity contribution in [3.05, 3.63) is 63.9 Å². The minimum atomic E-state index is -1.20. The Balaban J connectivity index is 0.000000441. The Morgan fingerprint density at radius 1 is 1.07 bits per heavy atom. The number of carbonyl (C=O) groups excluding carboxylic acids is 1. The quantitative estimate of drug-likeness (QED) is 0.314. The van der Waals surface area contributed by atoms with E-state index in [2.05, 4.69) is 23.8 Å². The predicted molar refractivity (Wildman–Crippen MR) is 114 cm³/mol. The molecule has 0 saturated carbocycles. The number of carbonyl (C=O) groups is 1. The molecule has 4 nitrogen and oxygen atoms in total. The molecule has 0 N–H and O–H groups in total. The molecule has 4 heterocycles. The van der Waals surface area contributed by atoms with Crippen LogP contribution in [0.3, 0.4) is 0 Å². The number of pyridine rings is 2. The molecule has 0 spiro atoms. The smallest absolute Gasteiger partial charge is 0.544 e. The molecule has 0 aliphatic heterocycles. The van der Waals surface area contributed by atoms with Crippen LogP contribution in [0, 0.1) is 6.92 Å². The summed E-state index contributed by atoms with van der Waals surface area (Å²) in [5.74, 6) is -1.20. The molecule has 29 heavy (non-hydrogen) atoms. The van der Waals surface area contributed by atoms with Crippen molar-refractivity contribution in [2.24, 2.45) is 0 Å². The van der Waals surface area contributed by atoms with Gasteiger partial charge >= 0.3 is 37.7 Å². The number of carboxylic acid groups (broad SMARTS) is 1. The summed E-state index contributed by atoms with van der Waals surface area (Å²) in [4.78, 5) is 18.8. The number of thiophene rings is 2. The molecule has 4 aromatic rings. The van der Waals surface area contributed by atoms with Crippen LogP contribution in [0.2, 0.25) is 10.0 Å². The maximum atomic E-state index is 10.5. The van der Waals surface area contributed by atoms with E-state index in [1.807, 2.05) is 11.4 Å². The van der Waals surface area contributed by atoms with E-state index in [1.54, 1.807) is 29.7 Å². The van der Waals surface area contributed by atoms with Crippen molar-refractivity contribution in [3.63, 3.8) is 0 Å². The molecule has 0 atom stereocenters. The fourth-order valence-corrected chi connectivity index (χ4v) is 4.02. The number of aromatic nitrogens is 2. The summed E-state index contributed by atoms with van der Waals surface area (Å²) < 4.78 is 1.76. The van der Waals surface area contributed by atoms with Crippen molar-refractivity contribution in [2.45, 2.75) is 19.8 Å². The molecule has 0 unspecified atom stereocenters. The molecule has 0 radical (unpaired) electrons. The zero-order valence-electron chi connectivity index (χ0n) is 16.4. The molecule has 0 aliphatic rings. The molecule has 0 bridgehead atoms. The van der Waals surface area contributed by atoms with Crippen molar-refractivity contribution < 1.29 is 47.6 Å². The van der Waals surface area contributed by atoms with E-state index in [0.717, 1.165) is 33.0 Å². The van der Waals surface area contributed by atoms with E-state index >= 15 is 0 Å². The predicted octanol–water partition coefficient (Wildman–Crippen LogP) is -0.109. The van der Waals surface area contributed by atoms with E-state index in [9.17, 15) is 9.90 Å². The summed E-state index contributed by atoms with van der Waals surface area (Å²) in [7, 11) is 0. The van der Waals surface area contributed by atoms with Gasteiger partial charge in [-0.25, -0.2) is 0 Å². The number of carboxylic acids is 1. The van der Waals surface area contributed by atoms with Crippen LogP contribution in [0.25, 0.3) is 20.4 Å². The van der Waals surface area contributed by atoms with Gasteiger partial charge in [0.2, 0.25) is 0 Å². The molecule has 0 aliphatic carbocycles.